The highest BCUT2D eigenvalue weighted by Gasteiger charge is 2.07. The van der Waals surface area contributed by atoms with Crippen LogP contribution in [0.3, 0.4) is 0 Å². The Morgan fingerprint density at radius 1 is 1.28 bits per heavy atom. The topological polar surface area (TPSA) is 68.3 Å². The van der Waals surface area contributed by atoms with Gasteiger partial charge in [-0.25, -0.2) is 4.98 Å². The Balaban J connectivity index is 1.73. The van der Waals surface area contributed by atoms with Crippen molar-refractivity contribution < 1.29 is 14.3 Å². The van der Waals surface area contributed by atoms with E-state index in [1.54, 1.807) is 30.0 Å². The molecule has 25 heavy (non-hydrogen) atoms. The molecule has 0 fully saturated rings. The molecule has 1 aromatic heterocycles. The fraction of sp³-hybridized carbons (Fsp3) is 0.389. The molecular weight excluding hydrogens is 356 g/mol. The number of amides is 1. The molecule has 7 heteroatoms. The Bertz CT molecular complexity index is 699. The molecule has 0 unspecified atom stereocenters. The first-order valence-corrected chi connectivity index (χ1v) is 10.0. The lowest BCUT2D eigenvalue weighted by Crippen LogP contribution is -2.25. The second-order valence-electron chi connectivity index (χ2n) is 5.40. The third-order valence-corrected chi connectivity index (χ3v) is 5.53. The summed E-state index contributed by atoms with van der Waals surface area (Å²) in [7, 11) is 0. The summed E-state index contributed by atoms with van der Waals surface area (Å²) in [6.45, 7) is 4.61. The number of nitrogens with one attached hydrogen (secondary N) is 1. The largest absolute Gasteiger partial charge is 0.466 e. The van der Waals surface area contributed by atoms with Crippen LogP contribution in [0.15, 0.2) is 34.0 Å². The average molecular weight is 379 g/mol. The highest BCUT2D eigenvalue weighted by Crippen LogP contribution is 2.26. The summed E-state index contributed by atoms with van der Waals surface area (Å²) in [5, 5.41) is 4.86. The minimum atomic E-state index is -0.228. The number of aryl methyl sites for hydroxylation is 1. The number of hydrogen-bond donors (Lipinski definition) is 1. The number of carbonyl (C=O) groups excluding carboxylic acids is 2. The molecule has 0 bridgehead atoms. The molecule has 1 N–H and O–H groups in total. The molecule has 1 heterocycles. The molecule has 134 valence electrons. The van der Waals surface area contributed by atoms with Crippen LogP contribution in [0.4, 0.5) is 0 Å². The summed E-state index contributed by atoms with van der Waals surface area (Å²) in [4.78, 5) is 27.7. The first-order valence-electron chi connectivity index (χ1n) is 8.16. The molecule has 0 saturated heterocycles. The fourth-order valence-corrected chi connectivity index (χ4v) is 3.87. The third-order valence-electron chi connectivity index (χ3n) is 3.32. The summed E-state index contributed by atoms with van der Waals surface area (Å²) < 4.78 is 5.90. The van der Waals surface area contributed by atoms with E-state index in [4.69, 9.17) is 4.74 Å². The Hall–Kier alpha value is -1.86. The average Bonchev–Trinajstić information content (AvgIpc) is 3.03. The lowest BCUT2D eigenvalue weighted by atomic mass is 10.1. The Morgan fingerprint density at radius 3 is 2.68 bits per heavy atom. The summed E-state index contributed by atoms with van der Waals surface area (Å²) in [5.74, 6) is 0.474. The monoisotopic (exact) mass is 378 g/mol. The van der Waals surface area contributed by atoms with Crippen molar-refractivity contribution in [1.82, 2.24) is 10.3 Å². The zero-order valence-corrected chi connectivity index (χ0v) is 16.0. The van der Waals surface area contributed by atoms with Crippen molar-refractivity contribution in [3.63, 3.8) is 0 Å². The van der Waals surface area contributed by atoms with Gasteiger partial charge in [-0.1, -0.05) is 23.9 Å². The predicted octanol–water partition coefficient (Wildman–Crippen LogP) is 3.82. The van der Waals surface area contributed by atoms with E-state index >= 15 is 0 Å². The maximum absolute atomic E-state index is 12.1. The molecule has 0 radical (unpaired) electrons. The van der Waals surface area contributed by atoms with E-state index in [9.17, 15) is 9.59 Å². The minimum absolute atomic E-state index is 0.126. The van der Waals surface area contributed by atoms with Gasteiger partial charge in [0, 0.05) is 35.4 Å². The van der Waals surface area contributed by atoms with Crippen molar-refractivity contribution >= 4 is 35.0 Å². The van der Waals surface area contributed by atoms with Crippen LogP contribution < -0.4 is 5.32 Å². The zero-order chi connectivity index (χ0) is 18.1. The molecule has 5 nitrogen and oxygen atoms in total. The zero-order valence-electron chi connectivity index (χ0n) is 14.4. The fourth-order valence-electron chi connectivity index (χ4n) is 2.07. The van der Waals surface area contributed by atoms with Gasteiger partial charge in [0.15, 0.2) is 0 Å². The molecular formula is C18H22N2O3S2. The van der Waals surface area contributed by atoms with Gasteiger partial charge in [-0.05, 0) is 38.0 Å². The van der Waals surface area contributed by atoms with Gasteiger partial charge in [-0.3, -0.25) is 9.59 Å². The van der Waals surface area contributed by atoms with E-state index < -0.39 is 0 Å². The molecule has 0 atom stereocenters. The van der Waals surface area contributed by atoms with Crippen molar-refractivity contribution in [2.75, 3.05) is 13.2 Å². The number of ether oxygens (including phenoxy) is 1. The number of nitrogens with zero attached hydrogens (tertiary/aromatic N) is 1. The van der Waals surface area contributed by atoms with Crippen molar-refractivity contribution in [3.8, 4) is 0 Å². The number of esters is 1. The van der Waals surface area contributed by atoms with Gasteiger partial charge in [0.1, 0.15) is 4.34 Å². The highest BCUT2D eigenvalue weighted by molar-refractivity contribution is 8.00. The molecule has 2 rings (SSSR count). The standard InChI is InChI=1S/C18H22N2O3S2/c1-3-23-16(21)5-4-10-19-17(22)15-8-6-14(7-9-15)12-25-18-20-13(2)11-24-18/h6-9,11H,3-5,10,12H2,1-2H3,(H,19,22). The van der Waals surface area contributed by atoms with Crippen LogP contribution >= 0.6 is 23.1 Å². The van der Waals surface area contributed by atoms with E-state index in [1.165, 1.54) is 0 Å². The van der Waals surface area contributed by atoms with Crippen LogP contribution in [0.2, 0.25) is 0 Å². The molecule has 0 aliphatic rings. The van der Waals surface area contributed by atoms with Gasteiger partial charge >= 0.3 is 5.97 Å². The Labute approximate surface area is 156 Å². The first kappa shape index (κ1) is 19.5. The molecule has 0 spiro atoms. The van der Waals surface area contributed by atoms with Crippen molar-refractivity contribution in [2.24, 2.45) is 0 Å². The molecule has 0 aliphatic heterocycles. The van der Waals surface area contributed by atoms with Gasteiger partial charge in [-0.2, -0.15) is 0 Å². The molecule has 1 aromatic carbocycles. The number of carbonyl (C=O) groups is 2. The molecule has 2 aromatic rings. The number of thiazole rings is 1. The maximum Gasteiger partial charge on any atom is 0.305 e. The summed E-state index contributed by atoms with van der Waals surface area (Å²) in [6.07, 6.45) is 0.896. The van der Waals surface area contributed by atoms with Crippen LogP contribution in [0.25, 0.3) is 0 Å². The van der Waals surface area contributed by atoms with Gasteiger partial charge in [0.05, 0.1) is 6.61 Å². The molecule has 1 amide bonds. The van der Waals surface area contributed by atoms with Crippen LogP contribution in [0, 0.1) is 6.92 Å². The second-order valence-corrected chi connectivity index (χ2v) is 7.49. The smallest absolute Gasteiger partial charge is 0.305 e. The lowest BCUT2D eigenvalue weighted by molar-refractivity contribution is -0.143. The third kappa shape index (κ3) is 6.88. The summed E-state index contributed by atoms with van der Waals surface area (Å²) in [6, 6.07) is 7.56. The predicted molar refractivity (Wildman–Crippen MR) is 101 cm³/mol. The van der Waals surface area contributed by atoms with Gasteiger partial charge in [-0.15, -0.1) is 11.3 Å². The lowest BCUT2D eigenvalue weighted by Gasteiger charge is -2.06. The van der Waals surface area contributed by atoms with Crippen molar-refractivity contribution in [1.29, 1.82) is 0 Å². The van der Waals surface area contributed by atoms with E-state index in [2.05, 4.69) is 10.3 Å². The number of aromatic nitrogens is 1. The Morgan fingerprint density at radius 2 is 2.04 bits per heavy atom. The van der Waals surface area contributed by atoms with Gasteiger partial charge in [0.2, 0.25) is 0 Å². The normalized spacial score (nSPS) is 10.5. The number of hydrogen-bond acceptors (Lipinski definition) is 6. The van der Waals surface area contributed by atoms with E-state index in [1.807, 2.05) is 36.6 Å². The molecule has 0 saturated carbocycles. The Kier molecular flexibility index (Phi) is 7.94. The minimum Gasteiger partial charge on any atom is -0.466 e. The van der Waals surface area contributed by atoms with E-state index in [-0.39, 0.29) is 11.9 Å². The first-order chi connectivity index (χ1) is 12.1. The van der Waals surface area contributed by atoms with Crippen molar-refractivity contribution in [3.05, 3.63) is 46.5 Å². The van der Waals surface area contributed by atoms with E-state index in [0.717, 1.165) is 21.3 Å². The summed E-state index contributed by atoms with van der Waals surface area (Å²) >= 11 is 3.34. The van der Waals surface area contributed by atoms with Crippen LogP contribution in [0.5, 0.6) is 0 Å². The van der Waals surface area contributed by atoms with Gasteiger partial charge in [0.25, 0.3) is 5.91 Å². The van der Waals surface area contributed by atoms with E-state index in [0.29, 0.717) is 31.6 Å². The van der Waals surface area contributed by atoms with Crippen LogP contribution in [0.1, 0.15) is 41.4 Å². The highest BCUT2D eigenvalue weighted by atomic mass is 32.2. The SMILES string of the molecule is CCOC(=O)CCCNC(=O)c1ccc(CSc2nc(C)cs2)cc1. The van der Waals surface area contributed by atoms with Gasteiger partial charge < -0.3 is 10.1 Å². The van der Waals surface area contributed by atoms with Crippen LogP contribution in [-0.2, 0) is 15.3 Å². The van der Waals surface area contributed by atoms with Crippen LogP contribution in [-0.4, -0.2) is 30.0 Å². The number of benzene rings is 1. The second kappa shape index (κ2) is 10.2. The number of thioether (sulfide) groups is 1. The molecule has 0 aliphatic carbocycles. The maximum atomic E-state index is 12.1. The quantitative estimate of drug-likeness (QED) is 0.408. The summed E-state index contributed by atoms with van der Waals surface area (Å²) in [5.41, 5.74) is 2.81. The van der Waals surface area contributed by atoms with Crippen molar-refractivity contribution in [2.45, 2.75) is 36.8 Å². The number of rotatable bonds is 9.